The number of thiophene rings is 1. The monoisotopic (exact) mass is 1280 g/mol. The zero-order valence-electron chi connectivity index (χ0n) is 46.9. The van der Waals surface area contributed by atoms with Crippen LogP contribution in [0.1, 0.15) is 0 Å². The highest BCUT2D eigenvalue weighted by atomic mass is 32.1. The van der Waals surface area contributed by atoms with Gasteiger partial charge in [-0.25, -0.2) is 0 Å². The summed E-state index contributed by atoms with van der Waals surface area (Å²) in [4.78, 5) is 281. The predicted octanol–water partition coefficient (Wildman–Crippen LogP) is -1.65. The van der Waals surface area contributed by atoms with Gasteiger partial charge < -0.3 is 0 Å². The number of fused-ring (bicyclic) bond motifs is 8. The molecule has 0 bridgehead atoms. The molecule has 0 N–H and O–H groups in total. The molecule has 0 radical (unpaired) electrons. The SMILES string of the molecule is O=c1c(=O)c2cc3c(=O)c(=O)c(=O)c3cc2c1=O.O=c1c(=O)c2ccc(-c3ccc(-c4ccc5c(=O)c(=O)c(=O)c5c4)s3)cc2c1=O.O=c1c(=O)c2ccc(-c3ccc4c(=O)c(=O)c(=O)c4c3)cc2c1=O.O=c1c(=O)c2cccc(-c3cccc4c(=O)c(=O)c(=O)c34)c2c1=O. The maximum absolute atomic E-state index is 12.1. The van der Waals surface area contributed by atoms with Crippen LogP contribution >= 0.6 is 11.3 Å². The van der Waals surface area contributed by atoms with Gasteiger partial charge in [-0.3, -0.25) is 115 Å². The number of hydrogen-bond donors (Lipinski definition) is 0. The second kappa shape index (κ2) is 21.5. The van der Waals surface area contributed by atoms with Gasteiger partial charge in [-0.1, -0.05) is 60.7 Å². The fourth-order valence-electron chi connectivity index (χ4n) is 11.6. The second-order valence-corrected chi connectivity index (χ2v) is 22.6. The molecule has 1 aromatic heterocycles. The molecule has 0 aliphatic heterocycles. The van der Waals surface area contributed by atoms with Crippen LogP contribution in [-0.2, 0) is 0 Å². The smallest absolute Gasteiger partial charge is 0.274 e. The van der Waals surface area contributed by atoms with E-state index in [0.29, 0.717) is 22.3 Å². The Balaban J connectivity index is 0.000000116. The van der Waals surface area contributed by atoms with E-state index in [1.807, 2.05) is 12.1 Å². The summed E-state index contributed by atoms with van der Waals surface area (Å²) < 4.78 is 0. The maximum Gasteiger partial charge on any atom is 0.274 e. The van der Waals surface area contributed by atoms with E-state index >= 15 is 0 Å². The third kappa shape index (κ3) is 8.90. The van der Waals surface area contributed by atoms with Gasteiger partial charge in [-0.15, -0.1) is 11.3 Å². The maximum atomic E-state index is 12.1. The van der Waals surface area contributed by atoms with E-state index in [9.17, 15) is 115 Å². The Morgan fingerprint density at radius 1 is 0.158 bits per heavy atom. The Morgan fingerprint density at radius 2 is 0.368 bits per heavy atom. The normalized spacial score (nSPS) is 11.5. The first kappa shape index (κ1) is 60.2. The van der Waals surface area contributed by atoms with Gasteiger partial charge in [-0.2, -0.15) is 0 Å². The van der Waals surface area contributed by atoms with Crippen LogP contribution in [0.15, 0.2) is 249 Å². The Hall–Kier alpha value is -13.7. The minimum atomic E-state index is -1.19. The second-order valence-electron chi connectivity index (χ2n) is 21.5. The lowest BCUT2D eigenvalue weighted by Crippen LogP contribution is -2.30. The van der Waals surface area contributed by atoms with Crippen LogP contribution in [0.5, 0.6) is 0 Å². The average molecular weight is 1280 g/mol. The first-order chi connectivity index (χ1) is 45.1. The summed E-state index contributed by atoms with van der Waals surface area (Å²) >= 11 is 1.37. The van der Waals surface area contributed by atoms with Crippen LogP contribution in [0.2, 0.25) is 0 Å². The zero-order chi connectivity index (χ0) is 68.0. The van der Waals surface area contributed by atoms with Crippen molar-refractivity contribution in [3.05, 3.63) is 379 Å². The van der Waals surface area contributed by atoms with E-state index in [-0.39, 0.29) is 97.3 Å². The van der Waals surface area contributed by atoms with E-state index < -0.39 is 130 Å². The lowest BCUT2D eigenvalue weighted by atomic mass is 9.97. The molecule has 0 aliphatic rings. The first-order valence-electron chi connectivity index (χ1n) is 27.3. The summed E-state index contributed by atoms with van der Waals surface area (Å²) in [6, 6.07) is 32.1. The highest BCUT2D eigenvalue weighted by Crippen LogP contribution is 2.36. The summed E-state index contributed by atoms with van der Waals surface area (Å²) in [5.74, 6) is 0. The third-order valence-electron chi connectivity index (χ3n) is 16.3. The van der Waals surface area contributed by atoms with Gasteiger partial charge >= 0.3 is 0 Å². The molecule has 16 rings (SSSR count). The Kier molecular flexibility index (Phi) is 13.6. The predicted molar refractivity (Wildman–Crippen MR) is 355 cm³/mol. The van der Waals surface area contributed by atoms with Crippen LogP contribution in [0.3, 0.4) is 0 Å². The quantitative estimate of drug-likeness (QED) is 0.178. The van der Waals surface area contributed by atoms with Crippen LogP contribution in [0.4, 0.5) is 0 Å². The Bertz CT molecular complexity index is 7080. The van der Waals surface area contributed by atoms with Crippen molar-refractivity contribution in [2.45, 2.75) is 0 Å². The van der Waals surface area contributed by atoms with Gasteiger partial charge in [0.25, 0.3) is 43.4 Å². The number of rotatable bonds is 4. The van der Waals surface area contributed by atoms with E-state index in [0.717, 1.165) is 21.9 Å². The van der Waals surface area contributed by atoms with Gasteiger partial charge in [0.2, 0.25) is 86.9 Å². The lowest BCUT2D eigenvalue weighted by molar-refractivity contribution is 1.55. The average Bonchev–Trinajstić information content (AvgIpc) is 1.62. The molecule has 452 valence electrons. The molecule has 24 nitrogen and oxygen atoms in total. The van der Waals surface area contributed by atoms with E-state index in [1.165, 1.54) is 108 Å². The highest BCUT2D eigenvalue weighted by molar-refractivity contribution is 7.18. The topological polar surface area (TPSA) is 410 Å². The molecule has 0 spiro atoms. The fraction of sp³-hybridized carbons (Fsp3) is 0. The molecule has 15 aromatic carbocycles. The molecule has 0 saturated heterocycles. The first-order valence-corrected chi connectivity index (χ1v) is 28.1. The largest absolute Gasteiger partial charge is 0.285 e. The van der Waals surface area contributed by atoms with Crippen molar-refractivity contribution in [1.82, 2.24) is 0 Å². The third-order valence-corrected chi connectivity index (χ3v) is 17.5. The molecule has 95 heavy (non-hydrogen) atoms. The minimum absolute atomic E-state index is 0.0153. The molecule has 0 fully saturated rings. The highest BCUT2D eigenvalue weighted by Gasteiger charge is 2.24. The molecule has 1 heterocycles. The van der Waals surface area contributed by atoms with Gasteiger partial charge in [0.15, 0.2) is 0 Å². The molecule has 16 aromatic rings. The van der Waals surface area contributed by atoms with Crippen molar-refractivity contribution in [2.24, 2.45) is 0 Å². The van der Waals surface area contributed by atoms with Crippen molar-refractivity contribution in [3.63, 3.8) is 0 Å². The van der Waals surface area contributed by atoms with Crippen LogP contribution in [-0.4, -0.2) is 0 Å². The van der Waals surface area contributed by atoms with Gasteiger partial charge in [0, 0.05) is 95.9 Å². The summed E-state index contributed by atoms with van der Waals surface area (Å²) in [5, 5.41) is -0.583. The molecule has 0 aliphatic carbocycles. The van der Waals surface area contributed by atoms with Crippen molar-refractivity contribution in [2.75, 3.05) is 0 Å². The lowest BCUT2D eigenvalue weighted by Gasteiger charge is -2.04. The van der Waals surface area contributed by atoms with Crippen molar-refractivity contribution < 1.29 is 0 Å². The van der Waals surface area contributed by atoms with E-state index in [2.05, 4.69) is 0 Å². The van der Waals surface area contributed by atoms with Crippen molar-refractivity contribution in [3.8, 4) is 43.1 Å². The number of benzene rings is 7. The van der Waals surface area contributed by atoms with Crippen molar-refractivity contribution in [1.29, 1.82) is 0 Å². The molecular formula is C70H22O24S. The van der Waals surface area contributed by atoms with Gasteiger partial charge in [-0.05, 0) is 106 Å². The van der Waals surface area contributed by atoms with Gasteiger partial charge in [0.1, 0.15) is 0 Å². The summed E-state index contributed by atoms with van der Waals surface area (Å²) in [6.07, 6.45) is 0. The summed E-state index contributed by atoms with van der Waals surface area (Å²) in [5.41, 5.74) is -20.4. The summed E-state index contributed by atoms with van der Waals surface area (Å²) in [7, 11) is 0. The minimum Gasteiger partial charge on any atom is -0.285 e. The molecule has 0 unspecified atom stereocenters. The number of hydrogen-bond acceptors (Lipinski definition) is 25. The Labute approximate surface area is 517 Å². The zero-order valence-corrected chi connectivity index (χ0v) is 47.7. The molecule has 0 atom stereocenters. The standard InChI is InChI=1S/C22H8O6S.2C18H6O6.C12H2O6/c23-17-11-3-1-9(7-13(11)19(25)21(17)27)15-5-6-16(29-15)10-2-4-12-14(8-10)20(26)22(28)18(12)24;19-13-9-3-1-7(5-11(9)15(21)17(13)23)8-2-4-10-12(6-8)16(22)18(24)14(10)20;19-13-9-5-1-3-7(11(9)15(21)17(13)23)8-4-2-6-10-12(8)16(22)18(24)14(10)20;13-7-3-1-4-6(10(16)12(18)8(4)14)2-5(3)9(15)11(7)17/h1-8H;2*1-6H;1-2H. The summed E-state index contributed by atoms with van der Waals surface area (Å²) in [6.45, 7) is 0. The molecule has 0 amide bonds. The fourth-order valence-corrected chi connectivity index (χ4v) is 12.6. The Morgan fingerprint density at radius 3 is 0.642 bits per heavy atom. The van der Waals surface area contributed by atoms with E-state index in [1.54, 1.807) is 12.1 Å². The van der Waals surface area contributed by atoms with Crippen LogP contribution in [0, 0.1) is 0 Å². The van der Waals surface area contributed by atoms with E-state index in [4.69, 9.17) is 0 Å². The molecule has 0 saturated carbocycles. The van der Waals surface area contributed by atoms with Crippen molar-refractivity contribution >= 4 is 97.5 Å². The van der Waals surface area contributed by atoms with Crippen LogP contribution in [0.25, 0.3) is 129 Å². The van der Waals surface area contributed by atoms with Crippen LogP contribution < -0.4 is 130 Å². The molecular weight excluding hydrogens is 1260 g/mol. The molecule has 25 heteroatoms. The van der Waals surface area contributed by atoms with Gasteiger partial charge in [0.05, 0.1) is 0 Å².